The number of nitrogens with one attached hydrogen (secondary N) is 1. The highest BCUT2D eigenvalue weighted by molar-refractivity contribution is 7.92. The SMILES string of the molecule is Cc1ccc(CCC(=O)C(C)c2ccc(NS(C)(=O)=O)c(F)c2)c(OC2CCC2)n1. The van der Waals surface area contributed by atoms with E-state index in [1.165, 1.54) is 12.1 Å². The zero-order valence-electron chi connectivity index (χ0n) is 17.4. The molecule has 0 saturated heterocycles. The summed E-state index contributed by atoms with van der Waals surface area (Å²) in [7, 11) is -3.58. The molecule has 1 fully saturated rings. The number of benzene rings is 1. The molecule has 8 heteroatoms. The average Bonchev–Trinajstić information content (AvgIpc) is 2.63. The van der Waals surface area contributed by atoms with Gasteiger partial charge in [0.15, 0.2) is 0 Å². The second-order valence-corrected chi connectivity index (χ2v) is 9.64. The fourth-order valence-electron chi connectivity index (χ4n) is 3.24. The summed E-state index contributed by atoms with van der Waals surface area (Å²) in [5.41, 5.74) is 2.13. The van der Waals surface area contributed by atoms with Crippen LogP contribution in [0.15, 0.2) is 30.3 Å². The first-order valence-electron chi connectivity index (χ1n) is 10.1. The van der Waals surface area contributed by atoms with Gasteiger partial charge < -0.3 is 4.74 Å². The van der Waals surface area contributed by atoms with Crippen LogP contribution in [0.1, 0.15) is 55.3 Å². The fourth-order valence-corrected chi connectivity index (χ4v) is 3.81. The van der Waals surface area contributed by atoms with Gasteiger partial charge in [0.25, 0.3) is 0 Å². The molecular weight excluding hydrogens is 407 g/mol. The quantitative estimate of drug-likeness (QED) is 0.641. The van der Waals surface area contributed by atoms with Gasteiger partial charge in [-0.3, -0.25) is 9.52 Å². The smallest absolute Gasteiger partial charge is 0.229 e. The number of pyridine rings is 1. The molecule has 1 unspecified atom stereocenters. The van der Waals surface area contributed by atoms with E-state index in [9.17, 15) is 17.6 Å². The van der Waals surface area contributed by atoms with E-state index in [1.807, 2.05) is 19.1 Å². The van der Waals surface area contributed by atoms with Crippen molar-refractivity contribution >= 4 is 21.5 Å². The third-order valence-electron chi connectivity index (χ3n) is 5.32. The molecule has 2 aromatic rings. The second kappa shape index (κ2) is 9.12. The summed E-state index contributed by atoms with van der Waals surface area (Å²) in [5.74, 6) is -0.659. The molecule has 0 spiro atoms. The molecular formula is C22H27FN2O4S. The van der Waals surface area contributed by atoms with Crippen molar-refractivity contribution in [1.29, 1.82) is 0 Å². The van der Waals surface area contributed by atoms with Gasteiger partial charge in [-0.05, 0) is 56.4 Å². The number of hydrogen-bond donors (Lipinski definition) is 1. The van der Waals surface area contributed by atoms with Gasteiger partial charge in [-0.15, -0.1) is 0 Å². The van der Waals surface area contributed by atoms with Crippen LogP contribution in [0.4, 0.5) is 10.1 Å². The number of carbonyl (C=O) groups excluding carboxylic acids is 1. The van der Waals surface area contributed by atoms with Gasteiger partial charge in [-0.1, -0.05) is 19.1 Å². The van der Waals surface area contributed by atoms with Gasteiger partial charge in [0, 0.05) is 23.6 Å². The Kier molecular flexibility index (Phi) is 6.75. The number of Topliss-reactive ketones (excluding diaryl/α,β-unsaturated/α-hetero) is 1. The third kappa shape index (κ3) is 5.78. The molecule has 0 bridgehead atoms. The summed E-state index contributed by atoms with van der Waals surface area (Å²) >= 11 is 0. The summed E-state index contributed by atoms with van der Waals surface area (Å²) in [5, 5.41) is 0. The minimum atomic E-state index is -3.58. The molecule has 1 saturated carbocycles. The summed E-state index contributed by atoms with van der Waals surface area (Å²) in [4.78, 5) is 17.2. The minimum absolute atomic E-state index is 0.0339. The number of aromatic nitrogens is 1. The molecule has 1 aromatic heterocycles. The summed E-state index contributed by atoms with van der Waals surface area (Å²) < 4.78 is 44.9. The van der Waals surface area contributed by atoms with E-state index in [-0.39, 0.29) is 24.0 Å². The van der Waals surface area contributed by atoms with Gasteiger partial charge in [-0.2, -0.15) is 0 Å². The molecule has 6 nitrogen and oxygen atoms in total. The Morgan fingerprint density at radius 1 is 1.30 bits per heavy atom. The van der Waals surface area contributed by atoms with Crippen LogP contribution >= 0.6 is 0 Å². The molecule has 30 heavy (non-hydrogen) atoms. The predicted molar refractivity (Wildman–Crippen MR) is 114 cm³/mol. The van der Waals surface area contributed by atoms with Crippen molar-refractivity contribution in [3.8, 4) is 5.88 Å². The van der Waals surface area contributed by atoms with Crippen molar-refractivity contribution in [3.05, 3.63) is 53.0 Å². The van der Waals surface area contributed by atoms with E-state index < -0.39 is 21.8 Å². The number of ketones is 1. The first-order valence-corrected chi connectivity index (χ1v) is 11.9. The van der Waals surface area contributed by atoms with Crippen molar-refractivity contribution in [2.45, 2.75) is 58.0 Å². The Balaban J connectivity index is 1.65. The Hall–Kier alpha value is -2.48. The van der Waals surface area contributed by atoms with E-state index in [4.69, 9.17) is 4.74 Å². The zero-order chi connectivity index (χ0) is 21.9. The van der Waals surface area contributed by atoms with Crippen molar-refractivity contribution < 1.29 is 22.3 Å². The monoisotopic (exact) mass is 434 g/mol. The van der Waals surface area contributed by atoms with E-state index >= 15 is 0 Å². The van der Waals surface area contributed by atoms with Gasteiger partial charge in [0.05, 0.1) is 11.9 Å². The number of aryl methyl sites for hydroxylation is 2. The van der Waals surface area contributed by atoms with Crippen LogP contribution in [0.5, 0.6) is 5.88 Å². The largest absolute Gasteiger partial charge is 0.474 e. The van der Waals surface area contributed by atoms with Crippen molar-refractivity contribution in [1.82, 2.24) is 4.98 Å². The molecule has 1 N–H and O–H groups in total. The minimum Gasteiger partial charge on any atom is -0.474 e. The lowest BCUT2D eigenvalue weighted by molar-refractivity contribution is -0.120. The molecule has 1 aliphatic rings. The van der Waals surface area contributed by atoms with Crippen LogP contribution < -0.4 is 9.46 Å². The molecule has 0 amide bonds. The number of hydrogen-bond acceptors (Lipinski definition) is 5. The molecule has 1 aromatic carbocycles. The highest BCUT2D eigenvalue weighted by atomic mass is 32.2. The van der Waals surface area contributed by atoms with E-state index in [2.05, 4.69) is 9.71 Å². The summed E-state index contributed by atoms with van der Waals surface area (Å²) in [6.07, 6.45) is 5.15. The standard InChI is InChI=1S/C22H27FN2O4S/c1-14-7-8-16(22(24-14)29-18-5-4-6-18)10-12-21(26)15(2)17-9-11-20(19(23)13-17)25-30(3,27)28/h7-9,11,13,15,18,25H,4-6,10,12H2,1-3H3. The number of ether oxygens (including phenoxy) is 1. The summed E-state index contributed by atoms with van der Waals surface area (Å²) in [6, 6.07) is 7.95. The first-order chi connectivity index (χ1) is 14.1. The second-order valence-electron chi connectivity index (χ2n) is 7.89. The number of anilines is 1. The van der Waals surface area contributed by atoms with Crippen LogP contribution in [0, 0.1) is 12.7 Å². The zero-order valence-corrected chi connectivity index (χ0v) is 18.3. The van der Waals surface area contributed by atoms with E-state index in [1.54, 1.807) is 13.0 Å². The normalized spacial score (nSPS) is 15.3. The Morgan fingerprint density at radius 3 is 2.63 bits per heavy atom. The molecule has 0 aliphatic heterocycles. The van der Waals surface area contributed by atoms with Gasteiger partial charge in [0.1, 0.15) is 17.7 Å². The topological polar surface area (TPSA) is 85.4 Å². The number of nitrogens with zero attached hydrogens (tertiary/aromatic N) is 1. The highest BCUT2D eigenvalue weighted by Gasteiger charge is 2.22. The van der Waals surface area contributed by atoms with Crippen molar-refractivity contribution in [3.63, 3.8) is 0 Å². The Morgan fingerprint density at radius 2 is 2.03 bits per heavy atom. The molecule has 1 aliphatic carbocycles. The maximum absolute atomic E-state index is 14.2. The maximum Gasteiger partial charge on any atom is 0.229 e. The van der Waals surface area contributed by atoms with Gasteiger partial charge in [-0.25, -0.2) is 17.8 Å². The number of carbonyl (C=O) groups is 1. The van der Waals surface area contributed by atoms with Crippen LogP contribution in [0.3, 0.4) is 0 Å². The Labute approximate surface area is 176 Å². The molecule has 1 heterocycles. The molecule has 1 atom stereocenters. The molecule has 0 radical (unpaired) electrons. The van der Waals surface area contributed by atoms with E-state index in [0.29, 0.717) is 17.9 Å². The number of halogens is 1. The first kappa shape index (κ1) is 22.2. The predicted octanol–water partition coefficient (Wildman–Crippen LogP) is 4.14. The van der Waals surface area contributed by atoms with E-state index in [0.717, 1.165) is 36.8 Å². The maximum atomic E-state index is 14.2. The lowest BCUT2D eigenvalue weighted by atomic mass is 9.92. The highest BCUT2D eigenvalue weighted by Crippen LogP contribution is 2.28. The molecule has 162 valence electrons. The van der Waals surface area contributed by atoms with Gasteiger partial charge in [0.2, 0.25) is 15.9 Å². The van der Waals surface area contributed by atoms with Crippen molar-refractivity contribution in [2.75, 3.05) is 11.0 Å². The van der Waals surface area contributed by atoms with Crippen LogP contribution in [-0.2, 0) is 21.2 Å². The average molecular weight is 435 g/mol. The molecule has 3 rings (SSSR count). The Bertz CT molecular complexity index is 1040. The fraction of sp³-hybridized carbons (Fsp3) is 0.455. The van der Waals surface area contributed by atoms with Crippen LogP contribution in [0.2, 0.25) is 0 Å². The van der Waals surface area contributed by atoms with Gasteiger partial charge >= 0.3 is 0 Å². The van der Waals surface area contributed by atoms with Crippen LogP contribution in [0.25, 0.3) is 0 Å². The number of rotatable bonds is 9. The van der Waals surface area contributed by atoms with Crippen LogP contribution in [-0.4, -0.2) is 31.5 Å². The lowest BCUT2D eigenvalue weighted by Crippen LogP contribution is -2.25. The third-order valence-corrected chi connectivity index (χ3v) is 5.91. The van der Waals surface area contributed by atoms with Crippen molar-refractivity contribution in [2.24, 2.45) is 0 Å². The number of sulfonamides is 1. The lowest BCUT2D eigenvalue weighted by Gasteiger charge is -2.27. The summed E-state index contributed by atoms with van der Waals surface area (Å²) in [6.45, 7) is 3.63.